The summed E-state index contributed by atoms with van der Waals surface area (Å²) in [6.45, 7) is 1.60. The lowest BCUT2D eigenvalue weighted by atomic mass is 10.1. The Bertz CT molecular complexity index is 308. The highest BCUT2D eigenvalue weighted by Gasteiger charge is 2.19. The Hall–Kier alpha value is -1.16. The number of hydrogen-bond donors (Lipinski definition) is 1. The van der Waals surface area contributed by atoms with Crippen LogP contribution in [0.1, 0.15) is 12.8 Å². The molecule has 1 fully saturated rings. The maximum atomic E-state index is 13.3. The van der Waals surface area contributed by atoms with E-state index in [0.29, 0.717) is 5.82 Å². The Balaban J connectivity index is 2.12. The summed E-state index contributed by atoms with van der Waals surface area (Å²) in [4.78, 5) is 5.99. The third-order valence-electron chi connectivity index (χ3n) is 2.58. The van der Waals surface area contributed by atoms with Gasteiger partial charge in [0, 0.05) is 25.3 Å². The van der Waals surface area contributed by atoms with Crippen molar-refractivity contribution in [3.63, 3.8) is 0 Å². The zero-order valence-electron chi connectivity index (χ0n) is 7.99. The maximum Gasteiger partial charge on any atom is 0.165 e. The predicted octanol–water partition coefficient (Wildman–Crippen LogP) is 1.15. The molecule has 2 heterocycles. The summed E-state index contributed by atoms with van der Waals surface area (Å²) in [5.74, 6) is 0.211. The summed E-state index contributed by atoms with van der Waals surface area (Å²) in [6, 6.07) is 3.31. The van der Waals surface area contributed by atoms with Crippen LogP contribution in [0.3, 0.4) is 0 Å². The number of rotatable bonds is 1. The summed E-state index contributed by atoms with van der Waals surface area (Å²) in [5, 5.41) is 0. The van der Waals surface area contributed by atoms with Crippen LogP contribution in [0.2, 0.25) is 0 Å². The zero-order chi connectivity index (χ0) is 9.97. The third kappa shape index (κ3) is 1.85. The van der Waals surface area contributed by atoms with Crippen molar-refractivity contribution in [2.75, 3.05) is 18.0 Å². The number of pyridine rings is 1. The fourth-order valence-corrected chi connectivity index (χ4v) is 1.72. The summed E-state index contributed by atoms with van der Waals surface area (Å²) >= 11 is 0. The summed E-state index contributed by atoms with van der Waals surface area (Å²) in [7, 11) is 0. The van der Waals surface area contributed by atoms with Gasteiger partial charge in [0.25, 0.3) is 0 Å². The second-order valence-corrected chi connectivity index (χ2v) is 3.63. The Morgan fingerprint density at radius 1 is 1.43 bits per heavy atom. The molecule has 1 saturated heterocycles. The molecule has 1 aliphatic heterocycles. The van der Waals surface area contributed by atoms with Gasteiger partial charge in [0.15, 0.2) is 11.6 Å². The average molecular weight is 195 g/mol. The smallest absolute Gasteiger partial charge is 0.165 e. The number of nitrogens with two attached hydrogens (primary N) is 1. The normalized spacial score (nSPS) is 18.6. The van der Waals surface area contributed by atoms with E-state index in [0.717, 1.165) is 25.9 Å². The molecule has 0 saturated carbocycles. The third-order valence-corrected chi connectivity index (χ3v) is 2.58. The van der Waals surface area contributed by atoms with Crippen LogP contribution < -0.4 is 10.6 Å². The molecular weight excluding hydrogens is 181 g/mol. The van der Waals surface area contributed by atoms with E-state index in [4.69, 9.17) is 5.73 Å². The monoisotopic (exact) mass is 195 g/mol. The number of anilines is 1. The molecule has 0 radical (unpaired) electrons. The van der Waals surface area contributed by atoms with Crippen molar-refractivity contribution < 1.29 is 4.39 Å². The standard InChI is InChI=1S/C10H14FN3/c11-9-2-1-5-13-10(9)14-6-3-8(12)4-7-14/h1-2,5,8H,3-4,6-7,12H2. The molecule has 1 aromatic rings. The van der Waals surface area contributed by atoms with Crippen molar-refractivity contribution in [1.82, 2.24) is 4.98 Å². The number of halogens is 1. The topological polar surface area (TPSA) is 42.1 Å². The van der Waals surface area contributed by atoms with Crippen LogP contribution in [-0.4, -0.2) is 24.1 Å². The van der Waals surface area contributed by atoms with Gasteiger partial charge in [0.2, 0.25) is 0 Å². The van der Waals surface area contributed by atoms with Crippen molar-refractivity contribution in [3.8, 4) is 0 Å². The van der Waals surface area contributed by atoms with E-state index >= 15 is 0 Å². The lowest BCUT2D eigenvalue weighted by molar-refractivity contribution is 0.490. The van der Waals surface area contributed by atoms with E-state index < -0.39 is 0 Å². The summed E-state index contributed by atoms with van der Waals surface area (Å²) < 4.78 is 13.3. The predicted molar refractivity (Wildman–Crippen MR) is 53.6 cm³/mol. The van der Waals surface area contributed by atoms with Crippen molar-refractivity contribution >= 4 is 5.82 Å². The molecular formula is C10H14FN3. The highest BCUT2D eigenvalue weighted by molar-refractivity contribution is 5.39. The zero-order valence-corrected chi connectivity index (χ0v) is 7.99. The van der Waals surface area contributed by atoms with Crippen LogP contribution in [-0.2, 0) is 0 Å². The highest BCUT2D eigenvalue weighted by atomic mass is 19.1. The van der Waals surface area contributed by atoms with Crippen LogP contribution in [0.25, 0.3) is 0 Å². The molecule has 76 valence electrons. The van der Waals surface area contributed by atoms with Gasteiger partial charge in [-0.1, -0.05) is 0 Å². The molecule has 0 amide bonds. The number of piperidine rings is 1. The Labute approximate surface area is 82.7 Å². The molecule has 0 unspecified atom stereocenters. The minimum absolute atomic E-state index is 0.247. The van der Waals surface area contributed by atoms with E-state index in [1.165, 1.54) is 6.07 Å². The lowest BCUT2D eigenvalue weighted by Gasteiger charge is -2.31. The molecule has 0 aliphatic carbocycles. The van der Waals surface area contributed by atoms with Gasteiger partial charge >= 0.3 is 0 Å². The molecule has 0 atom stereocenters. The molecule has 4 heteroatoms. The first-order chi connectivity index (χ1) is 6.77. The first-order valence-corrected chi connectivity index (χ1v) is 4.88. The van der Waals surface area contributed by atoms with Crippen LogP contribution in [0.4, 0.5) is 10.2 Å². The molecule has 0 spiro atoms. The SMILES string of the molecule is NC1CCN(c2ncccc2F)CC1. The van der Waals surface area contributed by atoms with Gasteiger partial charge < -0.3 is 10.6 Å². The summed E-state index contributed by atoms with van der Waals surface area (Å²) in [6.07, 6.45) is 3.44. The fourth-order valence-electron chi connectivity index (χ4n) is 1.72. The van der Waals surface area contributed by atoms with Crippen molar-refractivity contribution in [2.45, 2.75) is 18.9 Å². The van der Waals surface area contributed by atoms with Crippen LogP contribution >= 0.6 is 0 Å². The number of nitrogens with zero attached hydrogens (tertiary/aromatic N) is 2. The van der Waals surface area contributed by atoms with E-state index in [1.807, 2.05) is 4.90 Å². The van der Waals surface area contributed by atoms with Crippen molar-refractivity contribution in [2.24, 2.45) is 5.73 Å². The molecule has 2 rings (SSSR count). The van der Waals surface area contributed by atoms with E-state index in [-0.39, 0.29) is 11.9 Å². The molecule has 1 aliphatic rings. The van der Waals surface area contributed by atoms with E-state index in [9.17, 15) is 4.39 Å². The van der Waals surface area contributed by atoms with Crippen LogP contribution in [0, 0.1) is 5.82 Å². The van der Waals surface area contributed by atoms with Gasteiger partial charge in [-0.25, -0.2) is 9.37 Å². The number of aromatic nitrogens is 1. The van der Waals surface area contributed by atoms with Gasteiger partial charge in [0.1, 0.15) is 0 Å². The average Bonchev–Trinajstić information content (AvgIpc) is 2.20. The van der Waals surface area contributed by atoms with E-state index in [1.54, 1.807) is 12.3 Å². The van der Waals surface area contributed by atoms with Gasteiger partial charge in [-0.2, -0.15) is 0 Å². The minimum Gasteiger partial charge on any atom is -0.354 e. The molecule has 1 aromatic heterocycles. The first-order valence-electron chi connectivity index (χ1n) is 4.88. The second kappa shape index (κ2) is 3.92. The summed E-state index contributed by atoms with van der Waals surface area (Å²) in [5.41, 5.74) is 5.77. The Morgan fingerprint density at radius 2 is 2.14 bits per heavy atom. The Kier molecular flexibility index (Phi) is 2.63. The molecule has 0 aromatic carbocycles. The van der Waals surface area contributed by atoms with Crippen molar-refractivity contribution in [3.05, 3.63) is 24.1 Å². The van der Waals surface area contributed by atoms with Gasteiger partial charge in [-0.05, 0) is 25.0 Å². The van der Waals surface area contributed by atoms with Gasteiger partial charge in [-0.15, -0.1) is 0 Å². The first kappa shape index (κ1) is 9.40. The fraction of sp³-hybridized carbons (Fsp3) is 0.500. The maximum absolute atomic E-state index is 13.3. The van der Waals surface area contributed by atoms with Crippen LogP contribution in [0.5, 0.6) is 0 Å². The number of hydrogen-bond acceptors (Lipinski definition) is 3. The van der Waals surface area contributed by atoms with Crippen LogP contribution in [0.15, 0.2) is 18.3 Å². The second-order valence-electron chi connectivity index (χ2n) is 3.63. The quantitative estimate of drug-likeness (QED) is 0.731. The van der Waals surface area contributed by atoms with Gasteiger partial charge in [-0.3, -0.25) is 0 Å². The lowest BCUT2D eigenvalue weighted by Crippen LogP contribution is -2.40. The van der Waals surface area contributed by atoms with Crippen molar-refractivity contribution in [1.29, 1.82) is 0 Å². The molecule has 0 bridgehead atoms. The molecule has 2 N–H and O–H groups in total. The Morgan fingerprint density at radius 3 is 2.79 bits per heavy atom. The molecule has 14 heavy (non-hydrogen) atoms. The highest BCUT2D eigenvalue weighted by Crippen LogP contribution is 2.19. The largest absolute Gasteiger partial charge is 0.354 e. The molecule has 3 nitrogen and oxygen atoms in total. The van der Waals surface area contributed by atoms with Gasteiger partial charge in [0.05, 0.1) is 0 Å². The minimum atomic E-state index is -0.247. The van der Waals surface area contributed by atoms with E-state index in [2.05, 4.69) is 4.98 Å².